The molecule has 0 aliphatic heterocycles. The Kier molecular flexibility index (Phi) is 4.49. The number of benzene rings is 2. The van der Waals surface area contributed by atoms with Crippen LogP contribution in [0.3, 0.4) is 0 Å². The predicted octanol–water partition coefficient (Wildman–Crippen LogP) is 3.69. The van der Waals surface area contributed by atoms with E-state index < -0.39 is 17.6 Å². The average molecular weight is 384 g/mol. The van der Waals surface area contributed by atoms with Gasteiger partial charge in [0.15, 0.2) is 5.78 Å². The van der Waals surface area contributed by atoms with Crippen molar-refractivity contribution in [1.82, 2.24) is 0 Å². The molecule has 0 radical (unpaired) electrons. The van der Waals surface area contributed by atoms with Crippen LogP contribution in [-0.4, -0.2) is 16.9 Å². The summed E-state index contributed by atoms with van der Waals surface area (Å²) in [6, 6.07) is 9.98. The average Bonchev–Trinajstić information content (AvgIpc) is 2.46. The first-order valence-corrected chi connectivity index (χ1v) is 7.28. The van der Waals surface area contributed by atoms with Gasteiger partial charge in [0.25, 0.3) is 0 Å². The first-order valence-electron chi connectivity index (χ1n) is 5.76. The maximum absolute atomic E-state index is 13.7. The lowest BCUT2D eigenvalue weighted by molar-refractivity contribution is 0.0696. The molecule has 0 saturated heterocycles. The third-order valence-corrected chi connectivity index (χ3v) is 3.68. The summed E-state index contributed by atoms with van der Waals surface area (Å²) in [5.74, 6) is -2.08. The number of aromatic carboxylic acids is 1. The Balaban J connectivity index is 2.50. The highest BCUT2D eigenvalue weighted by molar-refractivity contribution is 14.1. The number of carboxylic acids is 1. The molecule has 0 unspecified atom stereocenters. The molecule has 0 fully saturated rings. The third kappa shape index (κ3) is 2.87. The molecule has 1 N–H and O–H groups in total. The van der Waals surface area contributed by atoms with E-state index in [2.05, 4.69) is 0 Å². The van der Waals surface area contributed by atoms with E-state index in [1.165, 1.54) is 36.4 Å². The van der Waals surface area contributed by atoms with E-state index in [9.17, 15) is 14.0 Å². The molecule has 0 aliphatic carbocycles. The quantitative estimate of drug-likeness (QED) is 0.497. The van der Waals surface area contributed by atoms with Gasteiger partial charge in [-0.05, 0) is 35.9 Å². The zero-order valence-electron chi connectivity index (χ0n) is 10.3. The molecule has 0 spiro atoms. The molecule has 2 rings (SSSR count). The molecular formula is C15H10FIO3. The van der Waals surface area contributed by atoms with Gasteiger partial charge in [-0.25, -0.2) is 9.18 Å². The van der Waals surface area contributed by atoms with Crippen LogP contribution >= 0.6 is 22.6 Å². The molecule has 0 heterocycles. The molecule has 0 saturated carbocycles. The summed E-state index contributed by atoms with van der Waals surface area (Å²) in [7, 11) is 0. The van der Waals surface area contributed by atoms with E-state index in [0.717, 1.165) is 0 Å². The third-order valence-electron chi connectivity index (χ3n) is 2.86. The van der Waals surface area contributed by atoms with Crippen molar-refractivity contribution >= 4 is 34.3 Å². The number of rotatable bonds is 4. The number of carbonyl (C=O) groups excluding carboxylic acids is 1. The van der Waals surface area contributed by atoms with Gasteiger partial charge >= 0.3 is 5.97 Å². The molecule has 102 valence electrons. The minimum atomic E-state index is -1.05. The predicted molar refractivity (Wildman–Crippen MR) is 81.0 cm³/mol. The number of carboxylic acid groups (broad SMARTS) is 1. The summed E-state index contributed by atoms with van der Waals surface area (Å²) < 4.78 is 14.1. The van der Waals surface area contributed by atoms with Crippen molar-refractivity contribution in [2.45, 2.75) is 4.43 Å². The first-order chi connectivity index (χ1) is 9.54. The molecule has 3 nitrogen and oxygen atoms in total. The number of carbonyl (C=O) groups is 2. The molecule has 5 heteroatoms. The maximum atomic E-state index is 13.7. The highest BCUT2D eigenvalue weighted by atomic mass is 127. The van der Waals surface area contributed by atoms with Crippen LogP contribution in [0.5, 0.6) is 0 Å². The zero-order valence-corrected chi connectivity index (χ0v) is 12.4. The van der Waals surface area contributed by atoms with Crippen LogP contribution in [0.15, 0.2) is 42.5 Å². The SMILES string of the molecule is O=C(O)c1ccc(C(=O)c2ccccc2F)c(CI)c1. The molecule has 0 aliphatic rings. The number of alkyl halides is 1. The number of ketones is 1. The molecule has 2 aromatic carbocycles. The Hall–Kier alpha value is -1.76. The van der Waals surface area contributed by atoms with Gasteiger partial charge in [0, 0.05) is 9.99 Å². The summed E-state index contributed by atoms with van der Waals surface area (Å²) in [5.41, 5.74) is 1.01. The van der Waals surface area contributed by atoms with Crippen LogP contribution in [0.25, 0.3) is 0 Å². The van der Waals surface area contributed by atoms with Gasteiger partial charge in [-0.3, -0.25) is 4.79 Å². The number of hydrogen-bond donors (Lipinski definition) is 1. The highest BCUT2D eigenvalue weighted by Crippen LogP contribution is 2.20. The van der Waals surface area contributed by atoms with E-state index >= 15 is 0 Å². The fourth-order valence-corrected chi connectivity index (χ4v) is 2.48. The second-order valence-electron chi connectivity index (χ2n) is 4.12. The lowest BCUT2D eigenvalue weighted by atomic mass is 9.97. The molecule has 0 bridgehead atoms. The Morgan fingerprint density at radius 3 is 2.40 bits per heavy atom. The summed E-state index contributed by atoms with van der Waals surface area (Å²) >= 11 is 2.04. The fraction of sp³-hybridized carbons (Fsp3) is 0.0667. The van der Waals surface area contributed by atoms with Crippen molar-refractivity contribution < 1.29 is 19.1 Å². The summed E-state index contributed by atoms with van der Waals surface area (Å²) in [4.78, 5) is 23.3. The van der Waals surface area contributed by atoms with E-state index in [-0.39, 0.29) is 11.1 Å². The zero-order chi connectivity index (χ0) is 14.7. The minimum absolute atomic E-state index is 0.0123. The van der Waals surface area contributed by atoms with Crippen LogP contribution in [-0.2, 0) is 4.43 Å². The summed E-state index contributed by atoms with van der Waals surface area (Å²) in [6.45, 7) is 0. The normalized spacial score (nSPS) is 10.3. The highest BCUT2D eigenvalue weighted by Gasteiger charge is 2.17. The Morgan fingerprint density at radius 2 is 1.80 bits per heavy atom. The molecule has 2 aromatic rings. The summed E-state index contributed by atoms with van der Waals surface area (Å²) in [5, 5.41) is 8.95. The van der Waals surface area contributed by atoms with Gasteiger partial charge in [-0.1, -0.05) is 34.7 Å². The molecule has 0 atom stereocenters. The molecule has 0 aromatic heterocycles. The first kappa shape index (κ1) is 14.6. The van der Waals surface area contributed by atoms with Gasteiger partial charge in [0.05, 0.1) is 11.1 Å². The molecule has 0 amide bonds. The molecule has 20 heavy (non-hydrogen) atoms. The van der Waals surface area contributed by atoms with E-state index in [0.29, 0.717) is 15.6 Å². The van der Waals surface area contributed by atoms with Crippen LogP contribution in [0.4, 0.5) is 4.39 Å². The second-order valence-corrected chi connectivity index (χ2v) is 4.88. The Morgan fingerprint density at radius 1 is 1.10 bits per heavy atom. The fourth-order valence-electron chi connectivity index (χ4n) is 1.85. The van der Waals surface area contributed by atoms with Gasteiger partial charge < -0.3 is 5.11 Å². The molecular weight excluding hydrogens is 374 g/mol. The van der Waals surface area contributed by atoms with Crippen LogP contribution in [0, 0.1) is 5.82 Å². The van der Waals surface area contributed by atoms with Gasteiger partial charge in [-0.2, -0.15) is 0 Å². The van der Waals surface area contributed by atoms with Crippen molar-refractivity contribution in [2.75, 3.05) is 0 Å². The van der Waals surface area contributed by atoms with Gasteiger partial charge in [0.2, 0.25) is 0 Å². The topological polar surface area (TPSA) is 54.4 Å². The maximum Gasteiger partial charge on any atom is 0.335 e. The van der Waals surface area contributed by atoms with E-state index in [1.807, 2.05) is 22.6 Å². The summed E-state index contributed by atoms with van der Waals surface area (Å²) in [6.07, 6.45) is 0. The lowest BCUT2D eigenvalue weighted by Gasteiger charge is -2.08. The number of hydrogen-bond acceptors (Lipinski definition) is 2. The smallest absolute Gasteiger partial charge is 0.335 e. The van der Waals surface area contributed by atoms with Crippen molar-refractivity contribution in [3.05, 3.63) is 70.5 Å². The van der Waals surface area contributed by atoms with Crippen molar-refractivity contribution in [3.8, 4) is 0 Å². The second kappa shape index (κ2) is 6.13. The van der Waals surface area contributed by atoms with Crippen LogP contribution < -0.4 is 0 Å². The minimum Gasteiger partial charge on any atom is -0.478 e. The van der Waals surface area contributed by atoms with Crippen molar-refractivity contribution in [3.63, 3.8) is 0 Å². The largest absolute Gasteiger partial charge is 0.478 e. The van der Waals surface area contributed by atoms with E-state index in [1.54, 1.807) is 6.07 Å². The lowest BCUT2D eigenvalue weighted by Crippen LogP contribution is -2.08. The number of halogens is 2. The Bertz CT molecular complexity index is 683. The van der Waals surface area contributed by atoms with Gasteiger partial charge in [0.1, 0.15) is 5.82 Å². The van der Waals surface area contributed by atoms with Crippen LogP contribution in [0.2, 0.25) is 0 Å². The standard InChI is InChI=1S/C15H10FIO3/c16-13-4-2-1-3-12(13)14(18)11-6-5-9(15(19)20)7-10(11)8-17/h1-7H,8H2,(H,19,20). The monoisotopic (exact) mass is 384 g/mol. The van der Waals surface area contributed by atoms with Gasteiger partial charge in [-0.15, -0.1) is 0 Å². The van der Waals surface area contributed by atoms with E-state index in [4.69, 9.17) is 5.11 Å². The van der Waals surface area contributed by atoms with Crippen molar-refractivity contribution in [1.29, 1.82) is 0 Å². The van der Waals surface area contributed by atoms with Crippen molar-refractivity contribution in [2.24, 2.45) is 0 Å². The Labute approximate surface area is 128 Å². The van der Waals surface area contributed by atoms with Crippen LogP contribution in [0.1, 0.15) is 31.8 Å².